The second-order valence-electron chi connectivity index (χ2n) is 4.61. The van der Waals surface area contributed by atoms with Crippen molar-refractivity contribution in [2.24, 2.45) is 5.73 Å². The van der Waals surface area contributed by atoms with Gasteiger partial charge in [0.05, 0.1) is 17.0 Å². The second-order valence-corrected chi connectivity index (χ2v) is 7.56. The molecule has 5 nitrogen and oxygen atoms in total. The molecule has 0 aliphatic heterocycles. The lowest BCUT2D eigenvalue weighted by molar-refractivity contribution is 0.414. The lowest BCUT2D eigenvalue weighted by Gasteiger charge is -2.18. The van der Waals surface area contributed by atoms with Gasteiger partial charge in [0.15, 0.2) is 0 Å². The van der Waals surface area contributed by atoms with E-state index < -0.39 is 10.0 Å². The van der Waals surface area contributed by atoms with Gasteiger partial charge in [0.2, 0.25) is 10.0 Å². The molecular formula is C13H20BrClN2O3S. The van der Waals surface area contributed by atoms with Crippen molar-refractivity contribution in [2.75, 3.05) is 13.7 Å². The number of hydrogen-bond donors (Lipinski definition) is 2. The minimum absolute atomic E-state index is 0.0725. The Kier molecular flexibility index (Phi) is 7.42. The molecule has 3 N–H and O–H groups in total. The van der Waals surface area contributed by atoms with Crippen LogP contribution in [0, 0.1) is 0 Å². The predicted octanol–water partition coefficient (Wildman–Crippen LogP) is 2.91. The summed E-state index contributed by atoms with van der Waals surface area (Å²) in [4.78, 5) is 0.0725. The zero-order valence-electron chi connectivity index (χ0n) is 12.0. The number of rotatable bonds is 8. The zero-order valence-corrected chi connectivity index (χ0v) is 15.2. The third kappa shape index (κ3) is 5.10. The van der Waals surface area contributed by atoms with Gasteiger partial charge in [-0.05, 0) is 34.5 Å². The summed E-state index contributed by atoms with van der Waals surface area (Å²) in [6.45, 7) is 2.29. The van der Waals surface area contributed by atoms with Crippen molar-refractivity contribution in [3.05, 3.63) is 21.6 Å². The van der Waals surface area contributed by atoms with Crippen LogP contribution in [0.3, 0.4) is 0 Å². The van der Waals surface area contributed by atoms with Gasteiger partial charge in [-0.3, -0.25) is 0 Å². The SMILES string of the molecule is CCCCC(CN)NS(=O)(=O)c1cc(Cl)c(OC)cc1Br. The third-order valence-corrected chi connectivity index (χ3v) is 5.78. The Bertz CT molecular complexity index is 581. The average molecular weight is 400 g/mol. The molecule has 0 aromatic heterocycles. The molecule has 0 amide bonds. The van der Waals surface area contributed by atoms with Gasteiger partial charge in [0.1, 0.15) is 5.75 Å². The number of halogens is 2. The van der Waals surface area contributed by atoms with Crippen molar-refractivity contribution >= 4 is 37.6 Å². The number of methoxy groups -OCH3 is 1. The van der Waals surface area contributed by atoms with Crippen LogP contribution in [0.4, 0.5) is 0 Å². The summed E-state index contributed by atoms with van der Waals surface area (Å²) in [6.07, 6.45) is 2.60. The van der Waals surface area contributed by atoms with Crippen LogP contribution in [-0.4, -0.2) is 28.1 Å². The Hall–Kier alpha value is -0.340. The molecule has 0 radical (unpaired) electrons. The van der Waals surface area contributed by atoms with E-state index in [0.717, 1.165) is 12.8 Å². The molecule has 0 heterocycles. The molecule has 0 fully saturated rings. The molecule has 1 aromatic rings. The summed E-state index contributed by atoms with van der Waals surface area (Å²) in [6, 6.07) is 2.60. The Balaban J connectivity index is 3.04. The maximum Gasteiger partial charge on any atom is 0.242 e. The Labute approximate surface area is 139 Å². The normalized spacial score (nSPS) is 13.2. The summed E-state index contributed by atoms with van der Waals surface area (Å²) in [5, 5.41) is 0.235. The van der Waals surface area contributed by atoms with E-state index in [1.807, 2.05) is 6.92 Å². The van der Waals surface area contributed by atoms with Gasteiger partial charge in [0.25, 0.3) is 0 Å². The monoisotopic (exact) mass is 398 g/mol. The molecule has 0 aliphatic carbocycles. The van der Waals surface area contributed by atoms with E-state index in [9.17, 15) is 8.42 Å². The molecular weight excluding hydrogens is 380 g/mol. The summed E-state index contributed by atoms with van der Waals surface area (Å²) >= 11 is 9.23. The largest absolute Gasteiger partial charge is 0.495 e. The first-order valence-electron chi connectivity index (χ1n) is 6.61. The molecule has 1 unspecified atom stereocenters. The van der Waals surface area contributed by atoms with Gasteiger partial charge in [-0.2, -0.15) is 0 Å². The van der Waals surface area contributed by atoms with E-state index in [1.54, 1.807) is 0 Å². The second kappa shape index (κ2) is 8.33. The molecule has 120 valence electrons. The van der Waals surface area contributed by atoms with Gasteiger partial charge in [-0.1, -0.05) is 31.4 Å². The smallest absolute Gasteiger partial charge is 0.242 e. The Morgan fingerprint density at radius 2 is 2.14 bits per heavy atom. The summed E-state index contributed by atoms with van der Waals surface area (Å²) < 4.78 is 32.9. The fourth-order valence-electron chi connectivity index (χ4n) is 1.83. The van der Waals surface area contributed by atoms with Gasteiger partial charge in [-0.25, -0.2) is 13.1 Å². The molecule has 1 aromatic carbocycles. The summed E-state index contributed by atoms with van der Waals surface area (Å²) in [5.74, 6) is 0.406. The number of nitrogens with one attached hydrogen (secondary N) is 1. The van der Waals surface area contributed by atoms with Crippen LogP contribution < -0.4 is 15.2 Å². The molecule has 1 atom stereocenters. The number of ether oxygens (including phenoxy) is 1. The molecule has 21 heavy (non-hydrogen) atoms. The van der Waals surface area contributed by atoms with Gasteiger partial charge in [0, 0.05) is 17.1 Å². The molecule has 0 aliphatic rings. The highest BCUT2D eigenvalue weighted by Crippen LogP contribution is 2.33. The molecule has 0 saturated carbocycles. The van der Waals surface area contributed by atoms with Crippen LogP contribution in [0.15, 0.2) is 21.5 Å². The van der Waals surface area contributed by atoms with Crippen molar-refractivity contribution in [1.29, 1.82) is 0 Å². The fraction of sp³-hybridized carbons (Fsp3) is 0.538. The molecule has 8 heteroatoms. The number of sulfonamides is 1. The van der Waals surface area contributed by atoms with E-state index >= 15 is 0 Å². The van der Waals surface area contributed by atoms with Crippen molar-refractivity contribution < 1.29 is 13.2 Å². The van der Waals surface area contributed by atoms with Crippen LogP contribution in [0.1, 0.15) is 26.2 Å². The Morgan fingerprint density at radius 1 is 1.48 bits per heavy atom. The van der Waals surface area contributed by atoms with Crippen LogP contribution in [0.2, 0.25) is 5.02 Å². The average Bonchev–Trinajstić information content (AvgIpc) is 2.45. The lowest BCUT2D eigenvalue weighted by Crippen LogP contribution is -2.40. The summed E-state index contributed by atoms with van der Waals surface area (Å²) in [5.41, 5.74) is 5.63. The Morgan fingerprint density at radius 3 is 2.67 bits per heavy atom. The number of hydrogen-bond acceptors (Lipinski definition) is 4. The predicted molar refractivity (Wildman–Crippen MR) is 88.4 cm³/mol. The van der Waals surface area contributed by atoms with Gasteiger partial charge < -0.3 is 10.5 Å². The van der Waals surface area contributed by atoms with Crippen LogP contribution >= 0.6 is 27.5 Å². The van der Waals surface area contributed by atoms with Crippen LogP contribution in [0.25, 0.3) is 0 Å². The maximum atomic E-state index is 12.4. The van der Waals surface area contributed by atoms with Gasteiger partial charge in [-0.15, -0.1) is 0 Å². The first-order chi connectivity index (χ1) is 9.85. The standard InChI is InChI=1S/C13H20BrClN2O3S/c1-3-4-5-9(8-16)17-21(18,19)13-7-11(15)12(20-2)6-10(13)14/h6-7,9,17H,3-5,8,16H2,1-2H3. The van der Waals surface area contributed by atoms with Crippen molar-refractivity contribution in [2.45, 2.75) is 37.1 Å². The third-order valence-electron chi connectivity index (χ3n) is 3.01. The van der Waals surface area contributed by atoms with Crippen molar-refractivity contribution in [3.63, 3.8) is 0 Å². The summed E-state index contributed by atoms with van der Waals surface area (Å²) in [7, 11) is -2.23. The minimum Gasteiger partial charge on any atom is -0.495 e. The highest BCUT2D eigenvalue weighted by Gasteiger charge is 2.23. The first-order valence-corrected chi connectivity index (χ1v) is 9.26. The highest BCUT2D eigenvalue weighted by molar-refractivity contribution is 9.10. The van der Waals surface area contributed by atoms with Crippen LogP contribution in [0.5, 0.6) is 5.75 Å². The van der Waals surface area contributed by atoms with E-state index in [0.29, 0.717) is 16.6 Å². The van der Waals surface area contributed by atoms with Crippen molar-refractivity contribution in [1.82, 2.24) is 4.72 Å². The number of nitrogens with two attached hydrogens (primary N) is 1. The minimum atomic E-state index is -3.70. The highest BCUT2D eigenvalue weighted by atomic mass is 79.9. The van der Waals surface area contributed by atoms with Crippen LogP contribution in [-0.2, 0) is 10.0 Å². The van der Waals surface area contributed by atoms with E-state index in [1.165, 1.54) is 19.2 Å². The molecule has 0 bridgehead atoms. The molecule has 0 spiro atoms. The first kappa shape index (κ1) is 18.7. The zero-order chi connectivity index (χ0) is 16.0. The number of unbranched alkanes of at least 4 members (excludes halogenated alkanes) is 1. The lowest BCUT2D eigenvalue weighted by atomic mass is 10.1. The van der Waals surface area contributed by atoms with Crippen molar-refractivity contribution in [3.8, 4) is 5.75 Å². The maximum absolute atomic E-state index is 12.4. The van der Waals surface area contributed by atoms with E-state index in [4.69, 9.17) is 22.1 Å². The van der Waals surface area contributed by atoms with E-state index in [-0.39, 0.29) is 22.5 Å². The fourth-order valence-corrected chi connectivity index (χ4v) is 4.47. The molecule has 0 saturated heterocycles. The number of benzene rings is 1. The van der Waals surface area contributed by atoms with Gasteiger partial charge >= 0.3 is 0 Å². The quantitative estimate of drug-likeness (QED) is 0.704. The van der Waals surface area contributed by atoms with E-state index in [2.05, 4.69) is 20.7 Å². The molecule has 1 rings (SSSR count). The topological polar surface area (TPSA) is 81.4 Å².